The first-order valence-electron chi connectivity index (χ1n) is 10.9. The van der Waals surface area contributed by atoms with Crippen LogP contribution < -0.4 is 10.0 Å². The number of hydrogen-bond donors (Lipinski definition) is 2. The molecule has 2 aromatic carbocycles. The number of amides is 1. The Morgan fingerprint density at radius 3 is 2.52 bits per heavy atom. The number of likely N-dealkylation sites (tertiary alicyclic amines) is 1. The minimum atomic E-state index is -3.64. The van der Waals surface area contributed by atoms with Gasteiger partial charge in [0, 0.05) is 17.3 Å². The minimum absolute atomic E-state index is 0.128. The van der Waals surface area contributed by atoms with Gasteiger partial charge in [0.05, 0.1) is 4.90 Å². The highest BCUT2D eigenvalue weighted by molar-refractivity contribution is 7.89. The van der Waals surface area contributed by atoms with Gasteiger partial charge in [-0.1, -0.05) is 18.2 Å². The monoisotopic (exact) mass is 443 g/mol. The molecule has 31 heavy (non-hydrogen) atoms. The van der Waals surface area contributed by atoms with Gasteiger partial charge in [-0.3, -0.25) is 4.79 Å². The lowest BCUT2D eigenvalue weighted by Gasteiger charge is -2.23. The molecule has 1 saturated heterocycles. The molecule has 168 valence electrons. The first-order chi connectivity index (χ1) is 14.7. The molecule has 0 saturated carbocycles. The van der Waals surface area contributed by atoms with E-state index >= 15 is 0 Å². The lowest BCUT2D eigenvalue weighted by molar-refractivity contribution is 0.102. The van der Waals surface area contributed by atoms with Crippen molar-refractivity contribution < 1.29 is 13.2 Å². The quantitative estimate of drug-likeness (QED) is 0.709. The van der Waals surface area contributed by atoms with Gasteiger partial charge in [0.25, 0.3) is 5.91 Å². The normalized spacial score (nSPS) is 18.9. The number of nitrogens with one attached hydrogen (secondary N) is 2. The number of rotatable bonds is 6. The molecule has 2 unspecified atom stereocenters. The Morgan fingerprint density at radius 2 is 1.81 bits per heavy atom. The Kier molecular flexibility index (Phi) is 7.51. The zero-order chi connectivity index (χ0) is 22.6. The van der Waals surface area contributed by atoms with Crippen molar-refractivity contribution in [3.05, 3.63) is 59.2 Å². The van der Waals surface area contributed by atoms with Crippen LogP contribution in [0.15, 0.2) is 47.4 Å². The molecule has 2 N–H and O–H groups in total. The van der Waals surface area contributed by atoms with Crippen LogP contribution in [0.3, 0.4) is 0 Å². The highest BCUT2D eigenvalue weighted by atomic mass is 32.2. The Morgan fingerprint density at radius 1 is 1.06 bits per heavy atom. The third kappa shape index (κ3) is 5.93. The molecule has 1 heterocycles. The lowest BCUT2D eigenvalue weighted by Crippen LogP contribution is -2.38. The van der Waals surface area contributed by atoms with E-state index in [4.69, 9.17) is 0 Å². The summed E-state index contributed by atoms with van der Waals surface area (Å²) in [6.07, 6.45) is 3.10. The van der Waals surface area contributed by atoms with E-state index in [0.717, 1.165) is 37.9 Å². The van der Waals surface area contributed by atoms with Gasteiger partial charge in [-0.25, -0.2) is 13.1 Å². The summed E-state index contributed by atoms with van der Waals surface area (Å²) in [6, 6.07) is 12.1. The molecule has 0 radical (unpaired) electrons. The highest BCUT2D eigenvalue weighted by Gasteiger charge is 2.26. The number of sulfonamides is 1. The van der Waals surface area contributed by atoms with E-state index in [0.29, 0.717) is 22.7 Å². The van der Waals surface area contributed by atoms with Crippen molar-refractivity contribution in [3.63, 3.8) is 0 Å². The second kappa shape index (κ2) is 9.94. The number of anilines is 1. The van der Waals surface area contributed by atoms with Gasteiger partial charge in [0.15, 0.2) is 0 Å². The molecule has 7 heteroatoms. The molecule has 6 nitrogen and oxygen atoms in total. The van der Waals surface area contributed by atoms with Gasteiger partial charge in [0.2, 0.25) is 10.0 Å². The van der Waals surface area contributed by atoms with E-state index in [1.807, 2.05) is 32.0 Å². The molecule has 1 fully saturated rings. The third-order valence-corrected chi connectivity index (χ3v) is 7.75. The summed E-state index contributed by atoms with van der Waals surface area (Å²) >= 11 is 0. The molecule has 0 aliphatic carbocycles. The lowest BCUT2D eigenvalue weighted by atomic mass is 9.94. The number of carbonyl (C=O) groups is 1. The second-order valence-corrected chi connectivity index (χ2v) is 10.4. The van der Waals surface area contributed by atoms with Gasteiger partial charge in [-0.15, -0.1) is 0 Å². The summed E-state index contributed by atoms with van der Waals surface area (Å²) < 4.78 is 28.8. The summed E-state index contributed by atoms with van der Waals surface area (Å²) in [5.74, 6) is 0.121. The van der Waals surface area contributed by atoms with Crippen LogP contribution in [-0.2, 0) is 10.0 Å². The van der Waals surface area contributed by atoms with Crippen molar-refractivity contribution in [2.45, 2.75) is 51.0 Å². The smallest absolute Gasteiger partial charge is 0.255 e. The zero-order valence-corrected chi connectivity index (χ0v) is 19.6. The predicted molar refractivity (Wildman–Crippen MR) is 125 cm³/mol. The van der Waals surface area contributed by atoms with Crippen molar-refractivity contribution in [2.75, 3.05) is 25.5 Å². The van der Waals surface area contributed by atoms with Gasteiger partial charge >= 0.3 is 0 Å². The van der Waals surface area contributed by atoms with Crippen LogP contribution in [-0.4, -0.2) is 45.4 Å². The summed E-state index contributed by atoms with van der Waals surface area (Å²) in [5.41, 5.74) is 2.79. The number of aryl methyl sites for hydroxylation is 2. The van der Waals surface area contributed by atoms with E-state index in [-0.39, 0.29) is 16.8 Å². The molecule has 1 aliphatic heterocycles. The van der Waals surface area contributed by atoms with Crippen LogP contribution in [0.4, 0.5) is 5.69 Å². The second-order valence-electron chi connectivity index (χ2n) is 8.65. The largest absolute Gasteiger partial charge is 0.322 e. The van der Waals surface area contributed by atoms with Gasteiger partial charge in [0.1, 0.15) is 0 Å². The molecule has 3 rings (SSSR count). The summed E-state index contributed by atoms with van der Waals surface area (Å²) in [4.78, 5) is 15.1. The molecule has 1 amide bonds. The van der Waals surface area contributed by atoms with Crippen LogP contribution >= 0.6 is 0 Å². The van der Waals surface area contributed by atoms with Gasteiger partial charge < -0.3 is 10.2 Å². The van der Waals surface area contributed by atoms with Crippen LogP contribution in [0, 0.1) is 19.8 Å². The maximum atomic E-state index is 13.0. The molecule has 1 aliphatic rings. The van der Waals surface area contributed by atoms with Crippen LogP contribution in [0.5, 0.6) is 0 Å². The van der Waals surface area contributed by atoms with Gasteiger partial charge in [-0.2, -0.15) is 0 Å². The highest BCUT2D eigenvalue weighted by Crippen LogP contribution is 2.24. The first-order valence-corrected chi connectivity index (χ1v) is 12.3. The molecule has 0 spiro atoms. The van der Waals surface area contributed by atoms with Crippen molar-refractivity contribution in [2.24, 2.45) is 5.92 Å². The number of nitrogens with zero attached hydrogens (tertiary/aromatic N) is 1. The standard InChI is InChI=1S/C24H33N3O3S/c1-17-8-5-6-10-22(17)24(28)25-23-12-11-21(16-18(23)2)31(29,30)26-19(3)20-9-7-14-27(4)15-13-20/h5-6,8,10-12,16,19-20,26H,7,9,13-15H2,1-4H3,(H,25,28). The number of carbonyl (C=O) groups excluding carboxylic acids is 1. The third-order valence-electron chi connectivity index (χ3n) is 6.19. The van der Waals surface area contributed by atoms with Crippen LogP contribution in [0.2, 0.25) is 0 Å². The fourth-order valence-electron chi connectivity index (χ4n) is 4.14. The first kappa shape index (κ1) is 23.4. The summed E-state index contributed by atoms with van der Waals surface area (Å²) in [5, 5.41) is 2.89. The van der Waals surface area contributed by atoms with Crippen molar-refractivity contribution in [1.82, 2.24) is 9.62 Å². The zero-order valence-electron chi connectivity index (χ0n) is 18.8. The maximum absolute atomic E-state index is 13.0. The summed E-state index contributed by atoms with van der Waals surface area (Å²) in [6.45, 7) is 7.70. The minimum Gasteiger partial charge on any atom is -0.322 e. The van der Waals surface area contributed by atoms with E-state index in [2.05, 4.69) is 22.0 Å². The number of hydrogen-bond acceptors (Lipinski definition) is 4. The van der Waals surface area contributed by atoms with Gasteiger partial charge in [-0.05, 0) is 101 Å². The Hall–Kier alpha value is -2.22. The molecular formula is C24H33N3O3S. The fraction of sp³-hybridized carbons (Fsp3) is 0.458. The summed E-state index contributed by atoms with van der Waals surface area (Å²) in [7, 11) is -1.53. The van der Waals surface area contributed by atoms with Crippen molar-refractivity contribution in [1.29, 1.82) is 0 Å². The SMILES string of the molecule is Cc1cc(S(=O)(=O)NC(C)C2CCCN(C)CC2)ccc1NC(=O)c1ccccc1C. The molecule has 0 aromatic heterocycles. The average molecular weight is 444 g/mol. The predicted octanol–water partition coefficient (Wildman–Crippen LogP) is 3.95. The Labute approximate surface area is 186 Å². The van der Waals surface area contributed by atoms with Crippen molar-refractivity contribution >= 4 is 21.6 Å². The van der Waals surface area contributed by atoms with E-state index in [1.165, 1.54) is 0 Å². The topological polar surface area (TPSA) is 78.5 Å². The van der Waals surface area contributed by atoms with Crippen LogP contribution in [0.1, 0.15) is 47.7 Å². The molecule has 2 atom stereocenters. The van der Waals surface area contributed by atoms with Crippen LogP contribution in [0.25, 0.3) is 0 Å². The van der Waals surface area contributed by atoms with E-state index in [9.17, 15) is 13.2 Å². The molecule has 0 bridgehead atoms. The van der Waals surface area contributed by atoms with Crippen molar-refractivity contribution in [3.8, 4) is 0 Å². The van der Waals surface area contributed by atoms with E-state index in [1.54, 1.807) is 31.2 Å². The molecule has 2 aromatic rings. The van der Waals surface area contributed by atoms with E-state index < -0.39 is 10.0 Å². The maximum Gasteiger partial charge on any atom is 0.255 e. The Balaban J connectivity index is 1.70. The molecular weight excluding hydrogens is 410 g/mol. The number of benzene rings is 2. The Bertz CT molecular complexity index is 1040. The average Bonchev–Trinajstić information content (AvgIpc) is 2.94. The fourth-order valence-corrected chi connectivity index (χ4v) is 5.53.